The van der Waals surface area contributed by atoms with E-state index < -0.39 is 39.3 Å². The first-order valence-corrected chi connectivity index (χ1v) is 14.7. The highest BCUT2D eigenvalue weighted by Crippen LogP contribution is 2.32. The van der Waals surface area contributed by atoms with Gasteiger partial charge in [0.1, 0.15) is 15.5 Å². The summed E-state index contributed by atoms with van der Waals surface area (Å²) in [7, 11) is -3.66. The molecular weight excluding hydrogens is 586 g/mol. The normalized spacial score (nSPS) is 12.7. The molecule has 4 aromatic carbocycles. The molecule has 1 unspecified atom stereocenters. The molecule has 0 heterocycles. The third-order valence-electron chi connectivity index (χ3n) is 6.38. The van der Waals surface area contributed by atoms with Crippen LogP contribution in [-0.2, 0) is 20.6 Å². The summed E-state index contributed by atoms with van der Waals surface area (Å²) in [5.74, 6) is -1.01. The average Bonchev–Trinajstić information content (AvgIpc) is 2.98. The molecule has 3 N–H and O–H groups in total. The SMILES string of the molecule is CCCCOC(=O)Nc1ccc(-c2ccc(F)cc2)cc1NC(=O)c1ccc(S(=N)(=O)c2ccc(C(F)(F)F)cc2)cc1. The maximum atomic E-state index is 13.4. The molecule has 0 spiro atoms. The highest BCUT2D eigenvalue weighted by atomic mass is 32.2. The van der Waals surface area contributed by atoms with E-state index in [1.165, 1.54) is 36.4 Å². The van der Waals surface area contributed by atoms with Crippen molar-refractivity contribution in [3.05, 3.63) is 108 Å². The van der Waals surface area contributed by atoms with Crippen LogP contribution in [0.15, 0.2) is 101 Å². The molecule has 0 aliphatic carbocycles. The monoisotopic (exact) mass is 613 g/mol. The zero-order valence-corrected chi connectivity index (χ0v) is 23.7. The van der Waals surface area contributed by atoms with E-state index in [9.17, 15) is 31.4 Å². The summed E-state index contributed by atoms with van der Waals surface area (Å²) in [5.41, 5.74) is 0.944. The molecule has 0 aromatic heterocycles. The Morgan fingerprint density at radius 2 is 1.40 bits per heavy atom. The summed E-state index contributed by atoms with van der Waals surface area (Å²) in [6.45, 7) is 2.17. The minimum absolute atomic E-state index is 0.000652. The van der Waals surface area contributed by atoms with Crippen LogP contribution in [0.4, 0.5) is 33.7 Å². The molecule has 0 bridgehead atoms. The van der Waals surface area contributed by atoms with E-state index in [4.69, 9.17) is 9.52 Å². The van der Waals surface area contributed by atoms with E-state index in [1.807, 2.05) is 6.92 Å². The van der Waals surface area contributed by atoms with Gasteiger partial charge in [-0.15, -0.1) is 0 Å². The van der Waals surface area contributed by atoms with Gasteiger partial charge >= 0.3 is 12.3 Å². The molecule has 224 valence electrons. The molecule has 1 atom stereocenters. The highest BCUT2D eigenvalue weighted by molar-refractivity contribution is 7.92. The van der Waals surface area contributed by atoms with E-state index in [0.717, 1.165) is 30.7 Å². The van der Waals surface area contributed by atoms with Crippen LogP contribution < -0.4 is 10.6 Å². The van der Waals surface area contributed by atoms with Crippen molar-refractivity contribution in [2.45, 2.75) is 35.7 Å². The van der Waals surface area contributed by atoms with Gasteiger partial charge in [-0.2, -0.15) is 13.2 Å². The van der Waals surface area contributed by atoms with Crippen LogP contribution in [0.2, 0.25) is 0 Å². The molecule has 0 saturated carbocycles. The number of rotatable bonds is 9. The summed E-state index contributed by atoms with van der Waals surface area (Å²) < 4.78 is 78.8. The van der Waals surface area contributed by atoms with Gasteiger partial charge in [0, 0.05) is 5.56 Å². The molecule has 7 nitrogen and oxygen atoms in total. The largest absolute Gasteiger partial charge is 0.449 e. The van der Waals surface area contributed by atoms with Crippen molar-refractivity contribution in [2.24, 2.45) is 0 Å². The molecule has 0 fully saturated rings. The Kier molecular flexibility index (Phi) is 9.50. The second-order valence-corrected chi connectivity index (χ2v) is 11.5. The summed E-state index contributed by atoms with van der Waals surface area (Å²) >= 11 is 0. The number of amides is 2. The number of alkyl halides is 3. The summed E-state index contributed by atoms with van der Waals surface area (Å²) in [4.78, 5) is 25.4. The maximum absolute atomic E-state index is 13.4. The van der Waals surface area contributed by atoms with Gasteiger partial charge in [-0.1, -0.05) is 31.5 Å². The summed E-state index contributed by atoms with van der Waals surface area (Å²) in [5, 5.41) is 5.33. The predicted molar refractivity (Wildman–Crippen MR) is 155 cm³/mol. The fourth-order valence-electron chi connectivity index (χ4n) is 4.00. The van der Waals surface area contributed by atoms with Gasteiger partial charge in [-0.05, 0) is 90.3 Å². The number of nitrogens with one attached hydrogen (secondary N) is 3. The number of carbonyl (C=O) groups excluding carboxylic acids is 2. The first-order valence-electron chi connectivity index (χ1n) is 13.1. The first kappa shape index (κ1) is 31.2. The number of hydrogen-bond acceptors (Lipinski definition) is 5. The molecular formula is C31H27F4N3O4S. The Morgan fingerprint density at radius 3 is 1.98 bits per heavy atom. The van der Waals surface area contributed by atoms with Crippen LogP contribution in [-0.4, -0.2) is 22.8 Å². The smallest absolute Gasteiger partial charge is 0.416 e. The predicted octanol–water partition coefficient (Wildman–Crippen LogP) is 8.58. The van der Waals surface area contributed by atoms with Crippen molar-refractivity contribution in [1.29, 1.82) is 4.78 Å². The zero-order valence-electron chi connectivity index (χ0n) is 22.8. The lowest BCUT2D eigenvalue weighted by molar-refractivity contribution is -0.137. The number of benzene rings is 4. The lowest BCUT2D eigenvalue weighted by Gasteiger charge is -2.15. The number of halogens is 4. The van der Waals surface area contributed by atoms with Crippen LogP contribution in [0.25, 0.3) is 11.1 Å². The van der Waals surface area contributed by atoms with Gasteiger partial charge < -0.3 is 10.1 Å². The molecule has 4 rings (SSSR count). The maximum Gasteiger partial charge on any atom is 0.416 e. The standard InChI is InChI=1S/C31H27F4N3O4S/c1-2-3-18-42-30(40)38-27-17-8-22(20-4-11-24(32)12-5-20)19-28(27)37-29(39)21-6-13-25(14-7-21)43(36,41)26-15-9-23(10-16-26)31(33,34)35/h4-17,19,36H,2-3,18H2,1H3,(H,37,39)(H,38,40). The van der Waals surface area contributed by atoms with E-state index in [-0.39, 0.29) is 33.3 Å². The third kappa shape index (κ3) is 7.77. The Balaban J connectivity index is 1.57. The molecule has 0 saturated heterocycles. The highest BCUT2D eigenvalue weighted by Gasteiger charge is 2.30. The van der Waals surface area contributed by atoms with Crippen molar-refractivity contribution in [3.63, 3.8) is 0 Å². The van der Waals surface area contributed by atoms with E-state index >= 15 is 0 Å². The number of anilines is 2. The van der Waals surface area contributed by atoms with Gasteiger partial charge in [0.15, 0.2) is 0 Å². The van der Waals surface area contributed by atoms with E-state index in [0.29, 0.717) is 17.5 Å². The van der Waals surface area contributed by atoms with Gasteiger partial charge in [0.2, 0.25) is 0 Å². The van der Waals surface area contributed by atoms with Crippen LogP contribution in [0.1, 0.15) is 35.7 Å². The summed E-state index contributed by atoms with van der Waals surface area (Å²) in [6, 6.07) is 19.3. The minimum atomic E-state index is -4.57. The van der Waals surface area contributed by atoms with Crippen LogP contribution in [0.3, 0.4) is 0 Å². The third-order valence-corrected chi connectivity index (χ3v) is 8.25. The number of hydrogen-bond donors (Lipinski definition) is 3. The Labute approximate surface area is 245 Å². The Bertz CT molecular complexity index is 1710. The quantitative estimate of drug-likeness (QED) is 0.130. The second kappa shape index (κ2) is 13.1. The van der Waals surface area contributed by atoms with Gasteiger partial charge in [-0.25, -0.2) is 18.2 Å². The fourth-order valence-corrected chi connectivity index (χ4v) is 5.31. The number of carbonyl (C=O) groups is 2. The fraction of sp³-hybridized carbons (Fsp3) is 0.161. The molecule has 0 aliphatic heterocycles. The first-order chi connectivity index (χ1) is 20.4. The molecule has 0 radical (unpaired) electrons. The second-order valence-electron chi connectivity index (χ2n) is 9.44. The molecule has 0 aliphatic rings. The van der Waals surface area contributed by atoms with Crippen molar-refractivity contribution < 1.29 is 36.1 Å². The lowest BCUT2D eigenvalue weighted by atomic mass is 10.0. The molecule has 12 heteroatoms. The van der Waals surface area contributed by atoms with Crippen LogP contribution >= 0.6 is 0 Å². The molecule has 43 heavy (non-hydrogen) atoms. The topological polar surface area (TPSA) is 108 Å². The van der Waals surface area contributed by atoms with Crippen molar-refractivity contribution >= 4 is 33.1 Å². The van der Waals surface area contributed by atoms with Crippen molar-refractivity contribution in [3.8, 4) is 11.1 Å². The average molecular weight is 614 g/mol. The van der Waals surface area contributed by atoms with Gasteiger partial charge in [-0.3, -0.25) is 10.1 Å². The van der Waals surface area contributed by atoms with E-state index in [2.05, 4.69) is 10.6 Å². The van der Waals surface area contributed by atoms with Gasteiger partial charge in [0.25, 0.3) is 5.91 Å². The Morgan fingerprint density at radius 1 is 0.814 bits per heavy atom. The minimum Gasteiger partial charge on any atom is -0.449 e. The van der Waals surface area contributed by atoms with Crippen molar-refractivity contribution in [1.82, 2.24) is 0 Å². The van der Waals surface area contributed by atoms with E-state index in [1.54, 1.807) is 30.3 Å². The summed E-state index contributed by atoms with van der Waals surface area (Å²) in [6.07, 6.45) is -3.77. The number of unbranched alkanes of at least 4 members (excludes halogenated alkanes) is 1. The molecule has 2 amide bonds. The van der Waals surface area contributed by atoms with Crippen molar-refractivity contribution in [2.75, 3.05) is 17.2 Å². The zero-order chi connectivity index (χ0) is 31.2. The van der Waals surface area contributed by atoms with Crippen LogP contribution in [0.5, 0.6) is 0 Å². The Hall–Kier alpha value is -4.71. The molecule has 4 aromatic rings. The van der Waals surface area contributed by atoms with Gasteiger partial charge in [0.05, 0.1) is 33.3 Å². The number of ether oxygens (including phenoxy) is 1. The lowest BCUT2D eigenvalue weighted by Crippen LogP contribution is -2.18. The van der Waals surface area contributed by atoms with Crippen LogP contribution in [0, 0.1) is 10.6 Å².